The van der Waals surface area contributed by atoms with Crippen molar-refractivity contribution in [2.45, 2.75) is 19.6 Å². The van der Waals surface area contributed by atoms with E-state index >= 15 is 0 Å². The second-order valence-corrected chi connectivity index (χ2v) is 10.7. The molecule has 0 aromatic heterocycles. The van der Waals surface area contributed by atoms with Crippen molar-refractivity contribution in [1.82, 2.24) is 0 Å². The van der Waals surface area contributed by atoms with Crippen LogP contribution in [0, 0.1) is 0 Å². The van der Waals surface area contributed by atoms with E-state index in [2.05, 4.69) is 31.8 Å². The maximum Gasteiger partial charge on any atom is 0.560 e. The van der Waals surface area contributed by atoms with Gasteiger partial charge in [-0.25, -0.2) is 0 Å². The summed E-state index contributed by atoms with van der Waals surface area (Å²) in [7, 11) is -2.21. The van der Waals surface area contributed by atoms with Gasteiger partial charge in [0.1, 0.15) is 5.75 Å². The third-order valence-corrected chi connectivity index (χ3v) is 5.12. The molecule has 0 aliphatic carbocycles. The Morgan fingerprint density at radius 2 is 1.47 bits per heavy atom. The van der Waals surface area contributed by atoms with Gasteiger partial charge in [-0.05, 0) is 17.6 Å². The molecule has 2 rings (SSSR count). The second-order valence-electron chi connectivity index (χ2n) is 5.66. The highest BCUT2D eigenvalue weighted by molar-refractivity contribution is 6.88. The van der Waals surface area contributed by atoms with Gasteiger partial charge in [-0.3, -0.25) is 0 Å². The molecule has 0 aliphatic heterocycles. The summed E-state index contributed by atoms with van der Waals surface area (Å²) in [6.07, 6.45) is 0. The maximum atomic E-state index is 10.1. The number of hydrogen-bond donors (Lipinski definition) is 1. The van der Waals surface area contributed by atoms with Crippen LogP contribution in [0.3, 0.4) is 0 Å². The van der Waals surface area contributed by atoms with Gasteiger partial charge >= 0.3 is 7.12 Å². The van der Waals surface area contributed by atoms with Crippen LogP contribution in [0.25, 0.3) is 0 Å². The predicted octanol–water partition coefficient (Wildman–Crippen LogP) is 2.00. The Labute approximate surface area is 116 Å². The van der Waals surface area contributed by atoms with Gasteiger partial charge in [-0.15, -0.1) is 0 Å². The molecule has 98 valence electrons. The fourth-order valence-electron chi connectivity index (χ4n) is 1.84. The molecule has 1 N–H and O–H groups in total. The molecule has 0 spiro atoms. The number of benzene rings is 2. The van der Waals surface area contributed by atoms with Crippen molar-refractivity contribution in [3.8, 4) is 5.75 Å². The topological polar surface area (TPSA) is 29.5 Å². The van der Waals surface area contributed by atoms with Crippen LogP contribution in [0.5, 0.6) is 5.75 Å². The lowest BCUT2D eigenvalue weighted by Gasteiger charge is -2.17. The van der Waals surface area contributed by atoms with E-state index in [1.165, 1.54) is 5.19 Å². The summed E-state index contributed by atoms with van der Waals surface area (Å²) in [6, 6.07) is 17.4. The fraction of sp³-hybridized carbons (Fsp3) is 0.200. The van der Waals surface area contributed by atoms with Crippen LogP contribution in [-0.2, 0) is 0 Å². The standard InChI is InChI=1S/C15H19BO2Si/c1-19(2,3)15-11-9-13(10-12-15)16(17)18-14-7-5-4-6-8-14/h4-12,17H,1-3H3. The zero-order valence-corrected chi connectivity index (χ0v) is 12.6. The summed E-state index contributed by atoms with van der Waals surface area (Å²) in [5.41, 5.74) is 0.783. The molecule has 2 nitrogen and oxygen atoms in total. The monoisotopic (exact) mass is 270 g/mol. The first-order valence-electron chi connectivity index (χ1n) is 6.47. The average Bonchev–Trinajstić information content (AvgIpc) is 2.39. The molecule has 0 bridgehead atoms. The predicted molar refractivity (Wildman–Crippen MR) is 84.1 cm³/mol. The van der Waals surface area contributed by atoms with E-state index in [0.717, 1.165) is 5.46 Å². The van der Waals surface area contributed by atoms with Crippen molar-refractivity contribution >= 4 is 25.8 Å². The van der Waals surface area contributed by atoms with Gasteiger partial charge < -0.3 is 9.68 Å². The Hall–Kier alpha value is -1.52. The van der Waals surface area contributed by atoms with Gasteiger partial charge in [0.2, 0.25) is 0 Å². The summed E-state index contributed by atoms with van der Waals surface area (Å²) in [4.78, 5) is 0. The molecule has 0 aliphatic rings. The lowest BCUT2D eigenvalue weighted by molar-refractivity contribution is 0.433. The summed E-state index contributed by atoms with van der Waals surface area (Å²) in [5, 5.41) is 11.4. The second kappa shape index (κ2) is 5.63. The van der Waals surface area contributed by atoms with Crippen molar-refractivity contribution in [2.24, 2.45) is 0 Å². The molecule has 0 fully saturated rings. The minimum atomic E-state index is -1.29. The van der Waals surface area contributed by atoms with Gasteiger partial charge in [-0.2, -0.15) is 0 Å². The van der Waals surface area contributed by atoms with Gasteiger partial charge in [0.15, 0.2) is 0 Å². The Kier molecular flexibility index (Phi) is 4.12. The van der Waals surface area contributed by atoms with E-state index in [1.54, 1.807) is 0 Å². The van der Waals surface area contributed by atoms with E-state index in [1.807, 2.05) is 42.5 Å². The molecule has 0 saturated carbocycles. The summed E-state index contributed by atoms with van der Waals surface area (Å²) >= 11 is 0. The average molecular weight is 270 g/mol. The van der Waals surface area contributed by atoms with Crippen LogP contribution in [0.1, 0.15) is 0 Å². The molecule has 2 aromatic carbocycles. The third-order valence-electron chi connectivity index (χ3n) is 3.05. The van der Waals surface area contributed by atoms with Gasteiger partial charge in [-0.1, -0.05) is 67.3 Å². The normalized spacial score (nSPS) is 11.2. The molecule has 0 atom stereocenters. The van der Waals surface area contributed by atoms with Gasteiger partial charge in [0.05, 0.1) is 8.07 Å². The zero-order valence-electron chi connectivity index (χ0n) is 11.6. The SMILES string of the molecule is C[Si](C)(C)c1ccc(B(O)Oc2ccccc2)cc1. The highest BCUT2D eigenvalue weighted by atomic mass is 28.3. The lowest BCUT2D eigenvalue weighted by atomic mass is 9.79. The largest absolute Gasteiger partial charge is 0.560 e. The molecule has 19 heavy (non-hydrogen) atoms. The smallest absolute Gasteiger partial charge is 0.532 e. The Balaban J connectivity index is 2.10. The first kappa shape index (κ1) is 13.9. The Bertz CT molecular complexity index is 520. The van der Waals surface area contributed by atoms with Crippen molar-refractivity contribution in [2.75, 3.05) is 0 Å². The molecular weight excluding hydrogens is 251 g/mol. The fourth-order valence-corrected chi connectivity index (χ4v) is 3.01. The van der Waals surface area contributed by atoms with Crippen LogP contribution >= 0.6 is 0 Å². The molecule has 2 aromatic rings. The van der Waals surface area contributed by atoms with Crippen LogP contribution in [0.4, 0.5) is 0 Å². The molecular formula is C15H19BO2Si. The van der Waals surface area contributed by atoms with E-state index in [-0.39, 0.29) is 0 Å². The molecule has 4 heteroatoms. The molecule has 0 unspecified atom stereocenters. The van der Waals surface area contributed by atoms with Crippen molar-refractivity contribution in [1.29, 1.82) is 0 Å². The summed E-state index contributed by atoms with van der Waals surface area (Å²) in [5.74, 6) is 0.671. The molecule has 0 heterocycles. The third kappa shape index (κ3) is 3.72. The van der Waals surface area contributed by atoms with Crippen molar-refractivity contribution in [3.63, 3.8) is 0 Å². The van der Waals surface area contributed by atoms with Crippen molar-refractivity contribution in [3.05, 3.63) is 54.6 Å². The van der Waals surface area contributed by atoms with E-state index in [4.69, 9.17) is 4.65 Å². The Morgan fingerprint density at radius 3 is 2.00 bits per heavy atom. The highest BCUT2D eigenvalue weighted by Crippen LogP contribution is 2.09. The van der Waals surface area contributed by atoms with E-state index < -0.39 is 15.2 Å². The number of para-hydroxylation sites is 1. The zero-order chi connectivity index (χ0) is 13.9. The molecule has 0 amide bonds. The number of hydrogen-bond acceptors (Lipinski definition) is 2. The maximum absolute atomic E-state index is 10.1. The Morgan fingerprint density at radius 1 is 0.895 bits per heavy atom. The van der Waals surface area contributed by atoms with Gasteiger partial charge in [0.25, 0.3) is 0 Å². The summed E-state index contributed by atoms with van der Waals surface area (Å²) in [6.45, 7) is 6.91. The number of rotatable bonds is 4. The minimum Gasteiger partial charge on any atom is -0.532 e. The first-order valence-corrected chi connectivity index (χ1v) is 9.97. The van der Waals surface area contributed by atoms with E-state index in [0.29, 0.717) is 5.75 Å². The lowest BCUT2D eigenvalue weighted by Crippen LogP contribution is -2.41. The van der Waals surface area contributed by atoms with Crippen LogP contribution < -0.4 is 15.3 Å². The van der Waals surface area contributed by atoms with Crippen LogP contribution in [0.15, 0.2) is 54.6 Å². The van der Waals surface area contributed by atoms with Crippen LogP contribution in [0.2, 0.25) is 19.6 Å². The minimum absolute atomic E-state index is 0.671. The molecule has 0 saturated heterocycles. The summed E-state index contributed by atoms with van der Waals surface area (Å²) < 4.78 is 5.49. The first-order chi connectivity index (χ1) is 8.97. The van der Waals surface area contributed by atoms with Crippen LogP contribution in [-0.4, -0.2) is 20.2 Å². The van der Waals surface area contributed by atoms with Crippen molar-refractivity contribution < 1.29 is 9.68 Å². The quantitative estimate of drug-likeness (QED) is 0.861. The highest BCUT2D eigenvalue weighted by Gasteiger charge is 2.21. The van der Waals surface area contributed by atoms with E-state index in [9.17, 15) is 5.02 Å². The van der Waals surface area contributed by atoms with Gasteiger partial charge in [0, 0.05) is 0 Å². The molecule has 0 radical (unpaired) electrons.